The molecule has 0 radical (unpaired) electrons. The van der Waals surface area contributed by atoms with Crippen LogP contribution in [0.15, 0.2) is 47.3 Å². The number of rotatable bonds is 6. The average Bonchev–Trinajstić information content (AvgIpc) is 3.50. The van der Waals surface area contributed by atoms with Crippen LogP contribution in [0.2, 0.25) is 0 Å². The van der Waals surface area contributed by atoms with Gasteiger partial charge >= 0.3 is 0 Å². The van der Waals surface area contributed by atoms with Crippen LogP contribution in [0.5, 0.6) is 0 Å². The van der Waals surface area contributed by atoms with Crippen molar-refractivity contribution in [1.82, 2.24) is 24.8 Å². The fourth-order valence-electron chi connectivity index (χ4n) is 4.30. The van der Waals surface area contributed by atoms with Crippen LogP contribution in [0, 0.1) is 12.3 Å². The number of benzene rings is 1. The summed E-state index contributed by atoms with van der Waals surface area (Å²) >= 11 is 1.68. The minimum atomic E-state index is -0.610. The topological polar surface area (TPSA) is 71.3 Å². The number of nitrogens with zero attached hydrogens (tertiary/aromatic N) is 5. The molecule has 2 amide bonds. The predicted molar refractivity (Wildman–Crippen MR) is 121 cm³/mol. The highest BCUT2D eigenvalue weighted by Crippen LogP contribution is 2.36. The summed E-state index contributed by atoms with van der Waals surface area (Å²) in [4.78, 5) is 29.5. The van der Waals surface area contributed by atoms with Crippen LogP contribution >= 0.6 is 11.3 Å². The van der Waals surface area contributed by atoms with Crippen LogP contribution in [0.25, 0.3) is 11.1 Å². The van der Waals surface area contributed by atoms with Crippen LogP contribution < -0.4 is 0 Å². The molecule has 2 aromatic heterocycles. The molecule has 1 aliphatic rings. The van der Waals surface area contributed by atoms with E-state index < -0.39 is 5.41 Å². The molecular formula is C23H27N5O2S. The Hall–Kier alpha value is -3.00. The molecule has 7 nitrogen and oxygen atoms in total. The third-order valence-electron chi connectivity index (χ3n) is 5.87. The zero-order valence-electron chi connectivity index (χ0n) is 18.1. The van der Waals surface area contributed by atoms with Gasteiger partial charge in [-0.05, 0) is 53.3 Å². The van der Waals surface area contributed by atoms with Crippen LogP contribution in [-0.2, 0) is 22.6 Å². The van der Waals surface area contributed by atoms with E-state index in [2.05, 4.69) is 51.4 Å². The van der Waals surface area contributed by atoms with Gasteiger partial charge in [-0.1, -0.05) is 29.5 Å². The van der Waals surface area contributed by atoms with E-state index in [0.29, 0.717) is 25.9 Å². The minimum Gasteiger partial charge on any atom is -0.348 e. The van der Waals surface area contributed by atoms with E-state index in [9.17, 15) is 9.59 Å². The van der Waals surface area contributed by atoms with Crippen molar-refractivity contribution in [3.05, 3.63) is 58.5 Å². The number of likely N-dealkylation sites (tertiary alicyclic amines) is 1. The number of carbonyl (C=O) groups is 2. The van der Waals surface area contributed by atoms with Crippen molar-refractivity contribution < 1.29 is 9.59 Å². The molecule has 3 aromatic rings. The van der Waals surface area contributed by atoms with Gasteiger partial charge in [0, 0.05) is 33.4 Å². The van der Waals surface area contributed by atoms with Gasteiger partial charge in [0.1, 0.15) is 6.54 Å². The Balaban J connectivity index is 1.51. The molecule has 1 fully saturated rings. The third-order valence-corrected chi connectivity index (χ3v) is 6.55. The van der Waals surface area contributed by atoms with E-state index in [1.54, 1.807) is 46.1 Å². The predicted octanol–water partition coefficient (Wildman–Crippen LogP) is 2.86. The molecule has 0 N–H and O–H groups in total. The van der Waals surface area contributed by atoms with Crippen molar-refractivity contribution in [2.45, 2.75) is 26.3 Å². The van der Waals surface area contributed by atoms with E-state index in [-0.39, 0.29) is 18.4 Å². The number of aryl methyl sites for hydroxylation is 1. The maximum atomic E-state index is 13.2. The molecule has 1 aliphatic heterocycles. The summed E-state index contributed by atoms with van der Waals surface area (Å²) in [5.41, 5.74) is 3.65. The van der Waals surface area contributed by atoms with Crippen LogP contribution in [0.1, 0.15) is 17.7 Å². The van der Waals surface area contributed by atoms with Gasteiger partial charge in [0.2, 0.25) is 11.8 Å². The number of aromatic nitrogens is 3. The largest absolute Gasteiger partial charge is 0.348 e. The first kappa shape index (κ1) is 21.2. The SMILES string of the molecule is Cc1cn(CC(=O)N2CC[C@](Cc3ccc(-c4ccsc4)cc3)(C(=O)N(C)C)C2)nn1. The summed E-state index contributed by atoms with van der Waals surface area (Å²) in [5.74, 6) is 0.0347. The highest BCUT2D eigenvalue weighted by Gasteiger charge is 2.46. The lowest BCUT2D eigenvalue weighted by molar-refractivity contribution is -0.139. The normalized spacial score (nSPS) is 18.4. The van der Waals surface area contributed by atoms with Crippen molar-refractivity contribution in [2.75, 3.05) is 27.2 Å². The second kappa shape index (κ2) is 8.63. The van der Waals surface area contributed by atoms with E-state index >= 15 is 0 Å². The summed E-state index contributed by atoms with van der Waals surface area (Å²) in [5, 5.41) is 12.1. The quantitative estimate of drug-likeness (QED) is 0.595. The lowest BCUT2D eigenvalue weighted by Gasteiger charge is -2.31. The zero-order valence-corrected chi connectivity index (χ0v) is 18.9. The highest BCUT2D eigenvalue weighted by molar-refractivity contribution is 7.08. The number of amides is 2. The summed E-state index contributed by atoms with van der Waals surface area (Å²) < 4.78 is 1.55. The molecule has 1 aromatic carbocycles. The molecule has 0 aliphatic carbocycles. The standard InChI is InChI=1S/C23H27N5O2S/c1-17-13-28(25-24-17)14-21(29)27-10-9-23(16-27,22(30)26(2)3)12-18-4-6-19(7-5-18)20-8-11-31-15-20/h4-8,11,13,15H,9-10,12,14,16H2,1-3H3/t23-/m1/s1. The Bertz CT molecular complexity index is 1060. The number of hydrogen-bond acceptors (Lipinski definition) is 5. The lowest BCUT2D eigenvalue weighted by atomic mass is 9.79. The van der Waals surface area contributed by atoms with Gasteiger partial charge in [-0.3, -0.25) is 9.59 Å². The van der Waals surface area contributed by atoms with Crippen LogP contribution in [0.3, 0.4) is 0 Å². The molecule has 1 atom stereocenters. The van der Waals surface area contributed by atoms with Crippen molar-refractivity contribution in [3.8, 4) is 11.1 Å². The molecule has 4 rings (SSSR count). The Morgan fingerprint density at radius 2 is 1.94 bits per heavy atom. The molecule has 0 unspecified atom stereocenters. The summed E-state index contributed by atoms with van der Waals surface area (Å²) in [6.07, 6.45) is 3.01. The Morgan fingerprint density at radius 1 is 1.16 bits per heavy atom. The van der Waals surface area contributed by atoms with Gasteiger partial charge in [-0.2, -0.15) is 11.3 Å². The number of carbonyl (C=O) groups excluding carboxylic acids is 2. The fraction of sp³-hybridized carbons (Fsp3) is 0.391. The van der Waals surface area contributed by atoms with Gasteiger partial charge in [0.15, 0.2) is 0 Å². The number of thiophene rings is 1. The molecule has 0 spiro atoms. The molecule has 1 saturated heterocycles. The molecule has 162 valence electrons. The first-order chi connectivity index (χ1) is 14.9. The Morgan fingerprint density at radius 3 is 2.55 bits per heavy atom. The third kappa shape index (κ3) is 4.54. The molecule has 0 bridgehead atoms. The van der Waals surface area contributed by atoms with Crippen LogP contribution in [0.4, 0.5) is 0 Å². The first-order valence-corrected chi connectivity index (χ1v) is 11.3. The molecule has 8 heteroatoms. The second-order valence-corrected chi connectivity index (χ2v) is 9.27. The second-order valence-electron chi connectivity index (χ2n) is 8.49. The molecule has 31 heavy (non-hydrogen) atoms. The zero-order chi connectivity index (χ0) is 22.0. The summed E-state index contributed by atoms with van der Waals surface area (Å²) in [6.45, 7) is 2.97. The van der Waals surface area contributed by atoms with E-state index in [1.807, 2.05) is 6.92 Å². The summed E-state index contributed by atoms with van der Waals surface area (Å²) in [7, 11) is 3.57. The average molecular weight is 438 g/mol. The Labute approximate surface area is 186 Å². The lowest BCUT2D eigenvalue weighted by Crippen LogP contribution is -2.45. The number of hydrogen-bond donors (Lipinski definition) is 0. The van der Waals surface area contributed by atoms with Gasteiger partial charge in [0.05, 0.1) is 11.1 Å². The summed E-state index contributed by atoms with van der Waals surface area (Å²) in [6, 6.07) is 10.5. The Kier molecular flexibility index (Phi) is 5.91. The van der Waals surface area contributed by atoms with Crippen molar-refractivity contribution in [2.24, 2.45) is 5.41 Å². The maximum Gasteiger partial charge on any atom is 0.244 e. The molecule has 0 saturated carbocycles. The monoisotopic (exact) mass is 437 g/mol. The molecular weight excluding hydrogens is 410 g/mol. The smallest absolute Gasteiger partial charge is 0.244 e. The molecule has 3 heterocycles. The van der Waals surface area contributed by atoms with E-state index in [0.717, 1.165) is 11.3 Å². The minimum absolute atomic E-state index is 0.0360. The van der Waals surface area contributed by atoms with Gasteiger partial charge < -0.3 is 9.80 Å². The highest BCUT2D eigenvalue weighted by atomic mass is 32.1. The van der Waals surface area contributed by atoms with Crippen molar-refractivity contribution in [1.29, 1.82) is 0 Å². The van der Waals surface area contributed by atoms with Gasteiger partial charge in [-0.25, -0.2) is 4.68 Å². The van der Waals surface area contributed by atoms with Crippen molar-refractivity contribution >= 4 is 23.2 Å². The van der Waals surface area contributed by atoms with Crippen molar-refractivity contribution in [3.63, 3.8) is 0 Å². The van der Waals surface area contributed by atoms with Gasteiger partial charge in [-0.15, -0.1) is 5.10 Å². The van der Waals surface area contributed by atoms with Gasteiger partial charge in [0.25, 0.3) is 0 Å². The first-order valence-electron chi connectivity index (χ1n) is 10.3. The maximum absolute atomic E-state index is 13.2. The van der Waals surface area contributed by atoms with E-state index in [4.69, 9.17) is 0 Å². The fourth-order valence-corrected chi connectivity index (χ4v) is 4.96. The van der Waals surface area contributed by atoms with E-state index in [1.165, 1.54) is 11.1 Å². The van der Waals surface area contributed by atoms with Crippen LogP contribution in [-0.4, -0.2) is 63.8 Å².